The number of nitrogens with one attached hydrogen (secondary N) is 1. The standard InChI is InChI=1S/C15H10ClN3O4/c16-10-5-3-9(4-6-10)13-18-12(23-19-13)8-22-15(21)11-2-1-7-17-14(11)20/h1-7H,8H2,(H,17,20). The number of benzene rings is 1. The van der Waals surface area contributed by atoms with E-state index in [0.29, 0.717) is 10.8 Å². The number of carbonyl (C=O) groups excluding carboxylic acids is 1. The highest BCUT2D eigenvalue weighted by molar-refractivity contribution is 6.30. The van der Waals surface area contributed by atoms with Crippen molar-refractivity contribution in [1.29, 1.82) is 0 Å². The summed E-state index contributed by atoms with van der Waals surface area (Å²) >= 11 is 5.81. The van der Waals surface area contributed by atoms with E-state index in [1.54, 1.807) is 24.3 Å². The van der Waals surface area contributed by atoms with Gasteiger partial charge in [0.1, 0.15) is 5.56 Å². The number of hydrogen-bond acceptors (Lipinski definition) is 6. The van der Waals surface area contributed by atoms with Gasteiger partial charge in [-0.1, -0.05) is 16.8 Å². The van der Waals surface area contributed by atoms with Gasteiger partial charge in [-0.25, -0.2) is 4.79 Å². The van der Waals surface area contributed by atoms with E-state index >= 15 is 0 Å². The number of rotatable bonds is 4. The van der Waals surface area contributed by atoms with Crippen LogP contribution in [0.15, 0.2) is 51.9 Å². The van der Waals surface area contributed by atoms with Gasteiger partial charge < -0.3 is 14.2 Å². The van der Waals surface area contributed by atoms with Crippen molar-refractivity contribution in [2.45, 2.75) is 6.61 Å². The van der Waals surface area contributed by atoms with E-state index < -0.39 is 11.5 Å². The van der Waals surface area contributed by atoms with E-state index in [1.165, 1.54) is 18.3 Å². The average Bonchev–Trinajstić information content (AvgIpc) is 3.03. The summed E-state index contributed by atoms with van der Waals surface area (Å²) in [5, 5.41) is 4.39. The first-order valence-corrected chi connectivity index (χ1v) is 6.94. The Morgan fingerprint density at radius 1 is 1.26 bits per heavy atom. The Labute approximate surface area is 134 Å². The van der Waals surface area contributed by atoms with Crippen LogP contribution in [0.1, 0.15) is 16.2 Å². The summed E-state index contributed by atoms with van der Waals surface area (Å²) in [6.45, 7) is -0.228. The molecular formula is C15H10ClN3O4. The van der Waals surface area contributed by atoms with Gasteiger partial charge in [-0.15, -0.1) is 0 Å². The summed E-state index contributed by atoms with van der Waals surface area (Å²) in [5.74, 6) is -0.293. The summed E-state index contributed by atoms with van der Waals surface area (Å²) in [5.41, 5.74) is 0.102. The first kappa shape index (κ1) is 15.0. The Hall–Kier alpha value is -2.93. The van der Waals surface area contributed by atoms with Crippen molar-refractivity contribution in [3.8, 4) is 11.4 Å². The van der Waals surface area contributed by atoms with Crippen molar-refractivity contribution in [3.63, 3.8) is 0 Å². The van der Waals surface area contributed by atoms with E-state index in [4.69, 9.17) is 20.9 Å². The maximum absolute atomic E-state index is 11.8. The van der Waals surface area contributed by atoms with Gasteiger partial charge in [-0.3, -0.25) is 4.79 Å². The van der Waals surface area contributed by atoms with Crippen LogP contribution in [0.25, 0.3) is 11.4 Å². The van der Waals surface area contributed by atoms with Gasteiger partial charge in [0.2, 0.25) is 5.82 Å². The molecule has 0 radical (unpaired) electrons. The molecule has 0 unspecified atom stereocenters. The molecular weight excluding hydrogens is 322 g/mol. The number of aromatic nitrogens is 3. The van der Waals surface area contributed by atoms with Crippen LogP contribution in [-0.2, 0) is 11.3 Å². The molecule has 116 valence electrons. The Morgan fingerprint density at radius 2 is 2.04 bits per heavy atom. The fraction of sp³-hybridized carbons (Fsp3) is 0.0667. The summed E-state index contributed by atoms with van der Waals surface area (Å²) in [6.07, 6.45) is 1.43. The van der Waals surface area contributed by atoms with Gasteiger partial charge in [0.25, 0.3) is 11.4 Å². The zero-order valence-corrected chi connectivity index (χ0v) is 12.4. The van der Waals surface area contributed by atoms with Crippen LogP contribution in [-0.4, -0.2) is 21.1 Å². The van der Waals surface area contributed by atoms with Crippen LogP contribution in [0.3, 0.4) is 0 Å². The number of aromatic amines is 1. The van der Waals surface area contributed by atoms with Crippen molar-refractivity contribution in [1.82, 2.24) is 15.1 Å². The van der Waals surface area contributed by atoms with E-state index in [-0.39, 0.29) is 18.1 Å². The number of ether oxygens (including phenoxy) is 1. The molecule has 0 atom stereocenters. The molecule has 8 heteroatoms. The second kappa shape index (κ2) is 6.45. The highest BCUT2D eigenvalue weighted by Crippen LogP contribution is 2.18. The second-order valence-corrected chi connectivity index (χ2v) is 4.94. The van der Waals surface area contributed by atoms with Crippen molar-refractivity contribution in [2.24, 2.45) is 0 Å². The molecule has 2 heterocycles. The van der Waals surface area contributed by atoms with E-state index in [1.807, 2.05) is 0 Å². The number of carbonyl (C=O) groups is 1. The second-order valence-electron chi connectivity index (χ2n) is 4.51. The predicted octanol–water partition coefficient (Wildman–Crippen LogP) is 2.44. The summed E-state index contributed by atoms with van der Waals surface area (Å²) in [7, 11) is 0. The normalized spacial score (nSPS) is 10.5. The number of pyridine rings is 1. The molecule has 0 saturated heterocycles. The minimum atomic E-state index is -0.766. The van der Waals surface area contributed by atoms with Gasteiger partial charge in [-0.05, 0) is 36.4 Å². The SMILES string of the molecule is O=C(OCc1nc(-c2ccc(Cl)cc2)no1)c1ccc[nH]c1=O. The highest BCUT2D eigenvalue weighted by Gasteiger charge is 2.14. The molecule has 2 aromatic heterocycles. The fourth-order valence-electron chi connectivity index (χ4n) is 1.82. The molecule has 3 aromatic rings. The Balaban J connectivity index is 1.68. The first-order chi connectivity index (χ1) is 11.1. The monoisotopic (exact) mass is 331 g/mol. The minimum Gasteiger partial charge on any atom is -0.452 e. The third kappa shape index (κ3) is 3.46. The summed E-state index contributed by atoms with van der Waals surface area (Å²) in [6, 6.07) is 9.79. The van der Waals surface area contributed by atoms with E-state index in [2.05, 4.69) is 15.1 Å². The quantitative estimate of drug-likeness (QED) is 0.737. The average molecular weight is 332 g/mol. The summed E-state index contributed by atoms with van der Waals surface area (Å²) < 4.78 is 10.00. The zero-order valence-electron chi connectivity index (χ0n) is 11.7. The number of halogens is 1. The molecule has 0 fully saturated rings. The van der Waals surface area contributed by atoms with Gasteiger partial charge in [0, 0.05) is 16.8 Å². The van der Waals surface area contributed by atoms with Crippen LogP contribution < -0.4 is 5.56 Å². The number of nitrogens with zero attached hydrogens (tertiary/aromatic N) is 2. The lowest BCUT2D eigenvalue weighted by atomic mass is 10.2. The third-order valence-corrected chi connectivity index (χ3v) is 3.19. The lowest BCUT2D eigenvalue weighted by Crippen LogP contribution is -2.18. The van der Waals surface area contributed by atoms with Gasteiger partial charge >= 0.3 is 5.97 Å². The molecule has 0 saturated carbocycles. The highest BCUT2D eigenvalue weighted by atomic mass is 35.5. The molecule has 0 aliphatic rings. The van der Waals surface area contributed by atoms with Gasteiger partial charge in [0.15, 0.2) is 6.61 Å². The zero-order chi connectivity index (χ0) is 16.2. The lowest BCUT2D eigenvalue weighted by Gasteiger charge is -2.00. The topological polar surface area (TPSA) is 98.1 Å². The van der Waals surface area contributed by atoms with Crippen molar-refractivity contribution < 1.29 is 14.1 Å². The Kier molecular flexibility index (Phi) is 4.20. The van der Waals surface area contributed by atoms with Crippen molar-refractivity contribution in [2.75, 3.05) is 0 Å². The maximum Gasteiger partial charge on any atom is 0.344 e. The molecule has 0 bridgehead atoms. The minimum absolute atomic E-state index is 0.0926. The van der Waals surface area contributed by atoms with Crippen LogP contribution in [0.2, 0.25) is 5.02 Å². The molecule has 7 nitrogen and oxygen atoms in total. The molecule has 0 aliphatic heterocycles. The number of hydrogen-bond donors (Lipinski definition) is 1. The number of H-pyrrole nitrogens is 1. The smallest absolute Gasteiger partial charge is 0.344 e. The molecule has 3 rings (SSSR count). The largest absolute Gasteiger partial charge is 0.452 e. The van der Waals surface area contributed by atoms with Crippen LogP contribution in [0.4, 0.5) is 0 Å². The first-order valence-electron chi connectivity index (χ1n) is 6.57. The van der Waals surface area contributed by atoms with Crippen LogP contribution >= 0.6 is 11.6 Å². The molecule has 23 heavy (non-hydrogen) atoms. The Bertz CT molecular complexity index is 886. The maximum atomic E-state index is 11.8. The molecule has 0 spiro atoms. The van der Waals surface area contributed by atoms with Crippen molar-refractivity contribution >= 4 is 17.6 Å². The molecule has 1 aromatic carbocycles. The van der Waals surface area contributed by atoms with E-state index in [9.17, 15) is 9.59 Å². The number of esters is 1. The molecule has 0 aliphatic carbocycles. The van der Waals surface area contributed by atoms with Gasteiger partial charge in [-0.2, -0.15) is 4.98 Å². The molecule has 0 amide bonds. The lowest BCUT2D eigenvalue weighted by molar-refractivity contribution is 0.0427. The van der Waals surface area contributed by atoms with Gasteiger partial charge in [0.05, 0.1) is 0 Å². The summed E-state index contributed by atoms with van der Waals surface area (Å²) in [4.78, 5) is 29.8. The fourth-order valence-corrected chi connectivity index (χ4v) is 1.94. The van der Waals surface area contributed by atoms with Crippen LogP contribution in [0, 0.1) is 0 Å². The molecule has 1 N–H and O–H groups in total. The predicted molar refractivity (Wildman–Crippen MR) is 80.9 cm³/mol. The Morgan fingerprint density at radius 3 is 2.78 bits per heavy atom. The van der Waals surface area contributed by atoms with Crippen LogP contribution in [0.5, 0.6) is 0 Å². The third-order valence-electron chi connectivity index (χ3n) is 2.94. The van der Waals surface area contributed by atoms with Crippen molar-refractivity contribution in [3.05, 3.63) is 69.4 Å². The van der Waals surface area contributed by atoms with E-state index in [0.717, 1.165) is 5.56 Å².